The summed E-state index contributed by atoms with van der Waals surface area (Å²) in [6, 6.07) is 4.40. The van der Waals surface area contributed by atoms with Crippen molar-refractivity contribution in [2.75, 3.05) is 20.2 Å². The second kappa shape index (κ2) is 5.40. The molecule has 108 valence electrons. The van der Waals surface area contributed by atoms with Gasteiger partial charge in [0.25, 0.3) is 5.91 Å². The van der Waals surface area contributed by atoms with Crippen LogP contribution in [0.25, 0.3) is 0 Å². The maximum Gasteiger partial charge on any atom is 0.308 e. The molecule has 1 saturated heterocycles. The molecule has 0 bridgehead atoms. The van der Waals surface area contributed by atoms with Crippen molar-refractivity contribution in [3.05, 3.63) is 23.8 Å². The summed E-state index contributed by atoms with van der Waals surface area (Å²) in [4.78, 5) is 24.9. The number of aromatic hydroxyl groups is 1. The van der Waals surface area contributed by atoms with Gasteiger partial charge in [-0.25, -0.2) is 0 Å². The number of ether oxygens (including phenoxy) is 1. The monoisotopic (exact) mass is 279 g/mol. The summed E-state index contributed by atoms with van der Waals surface area (Å²) >= 11 is 0. The molecule has 0 saturated carbocycles. The number of nitrogens with zero attached hydrogens (tertiary/aromatic N) is 1. The van der Waals surface area contributed by atoms with Gasteiger partial charge in [0, 0.05) is 13.1 Å². The van der Waals surface area contributed by atoms with Gasteiger partial charge in [-0.1, -0.05) is 6.92 Å². The topological polar surface area (TPSA) is 87.1 Å². The molecule has 1 fully saturated rings. The molecule has 1 aliphatic rings. The summed E-state index contributed by atoms with van der Waals surface area (Å²) in [7, 11) is 1.47. The fraction of sp³-hybridized carbons (Fsp3) is 0.429. The fourth-order valence-electron chi connectivity index (χ4n) is 2.44. The Hall–Kier alpha value is -2.24. The van der Waals surface area contributed by atoms with Crippen LogP contribution in [-0.4, -0.2) is 47.2 Å². The SMILES string of the molecule is COc1ccc(O)c(C(=O)N2C[C@@H](C)[C@H](C(=O)O)C2)c1. The lowest BCUT2D eigenvalue weighted by atomic mass is 9.99. The number of hydrogen-bond acceptors (Lipinski definition) is 4. The second-order valence-electron chi connectivity index (χ2n) is 5.02. The van der Waals surface area contributed by atoms with Crippen LogP contribution in [0.1, 0.15) is 17.3 Å². The van der Waals surface area contributed by atoms with E-state index < -0.39 is 11.9 Å². The van der Waals surface area contributed by atoms with E-state index in [0.717, 1.165) is 0 Å². The number of aliphatic carboxylic acids is 1. The minimum absolute atomic E-state index is 0.107. The summed E-state index contributed by atoms with van der Waals surface area (Å²) in [5.74, 6) is -1.62. The van der Waals surface area contributed by atoms with E-state index in [-0.39, 0.29) is 29.7 Å². The molecule has 0 aromatic heterocycles. The largest absolute Gasteiger partial charge is 0.507 e. The maximum absolute atomic E-state index is 12.4. The van der Waals surface area contributed by atoms with Crippen molar-refractivity contribution in [2.24, 2.45) is 11.8 Å². The van der Waals surface area contributed by atoms with Crippen molar-refractivity contribution >= 4 is 11.9 Å². The van der Waals surface area contributed by atoms with E-state index in [0.29, 0.717) is 12.3 Å². The molecule has 2 rings (SSSR count). The van der Waals surface area contributed by atoms with E-state index in [2.05, 4.69) is 0 Å². The third-order valence-electron chi connectivity index (χ3n) is 3.65. The number of phenolic OH excluding ortho intramolecular Hbond substituents is 1. The zero-order chi connectivity index (χ0) is 14.9. The molecule has 2 N–H and O–H groups in total. The molecule has 1 amide bonds. The van der Waals surface area contributed by atoms with Crippen molar-refractivity contribution in [2.45, 2.75) is 6.92 Å². The predicted octanol–water partition coefficient (Wildman–Crippen LogP) is 1.19. The van der Waals surface area contributed by atoms with Crippen molar-refractivity contribution in [1.29, 1.82) is 0 Å². The zero-order valence-electron chi connectivity index (χ0n) is 11.4. The third kappa shape index (κ3) is 2.54. The number of carboxylic acid groups (broad SMARTS) is 1. The highest BCUT2D eigenvalue weighted by molar-refractivity contribution is 5.97. The van der Waals surface area contributed by atoms with E-state index in [4.69, 9.17) is 9.84 Å². The van der Waals surface area contributed by atoms with Crippen LogP contribution in [0.2, 0.25) is 0 Å². The van der Waals surface area contributed by atoms with E-state index in [9.17, 15) is 14.7 Å². The van der Waals surface area contributed by atoms with Crippen LogP contribution in [0.3, 0.4) is 0 Å². The molecule has 20 heavy (non-hydrogen) atoms. The molecular weight excluding hydrogens is 262 g/mol. The van der Waals surface area contributed by atoms with Crippen molar-refractivity contribution < 1.29 is 24.5 Å². The number of rotatable bonds is 3. The van der Waals surface area contributed by atoms with Gasteiger partial charge in [0.05, 0.1) is 18.6 Å². The minimum atomic E-state index is -0.900. The number of hydrogen-bond donors (Lipinski definition) is 2. The molecule has 1 aromatic carbocycles. The van der Waals surface area contributed by atoms with Crippen LogP contribution in [-0.2, 0) is 4.79 Å². The quantitative estimate of drug-likeness (QED) is 0.868. The Labute approximate surface area is 116 Å². The van der Waals surface area contributed by atoms with Gasteiger partial charge in [-0.2, -0.15) is 0 Å². The van der Waals surface area contributed by atoms with E-state index in [1.54, 1.807) is 13.0 Å². The lowest BCUT2D eigenvalue weighted by Crippen LogP contribution is -2.30. The molecule has 1 aliphatic heterocycles. The first kappa shape index (κ1) is 14.2. The van der Waals surface area contributed by atoms with Gasteiger partial charge in [-0.15, -0.1) is 0 Å². The molecule has 2 atom stereocenters. The highest BCUT2D eigenvalue weighted by Gasteiger charge is 2.37. The highest BCUT2D eigenvalue weighted by Crippen LogP contribution is 2.29. The molecule has 6 nitrogen and oxygen atoms in total. The molecule has 0 unspecified atom stereocenters. The zero-order valence-corrected chi connectivity index (χ0v) is 11.4. The van der Waals surface area contributed by atoms with Crippen LogP contribution >= 0.6 is 0 Å². The highest BCUT2D eigenvalue weighted by atomic mass is 16.5. The number of likely N-dealkylation sites (tertiary alicyclic amines) is 1. The average molecular weight is 279 g/mol. The van der Waals surface area contributed by atoms with Gasteiger partial charge in [0.15, 0.2) is 0 Å². The lowest BCUT2D eigenvalue weighted by Gasteiger charge is -2.17. The number of carbonyl (C=O) groups is 2. The van der Waals surface area contributed by atoms with Gasteiger partial charge in [-0.05, 0) is 24.1 Å². The Bertz CT molecular complexity index is 542. The van der Waals surface area contributed by atoms with E-state index >= 15 is 0 Å². The summed E-state index contributed by atoms with van der Waals surface area (Å²) < 4.78 is 5.03. The van der Waals surface area contributed by atoms with Crippen molar-refractivity contribution in [3.63, 3.8) is 0 Å². The number of methoxy groups -OCH3 is 1. The van der Waals surface area contributed by atoms with Crippen LogP contribution in [0.4, 0.5) is 0 Å². The van der Waals surface area contributed by atoms with Crippen LogP contribution in [0.5, 0.6) is 11.5 Å². The van der Waals surface area contributed by atoms with Gasteiger partial charge in [0.1, 0.15) is 11.5 Å². The summed E-state index contributed by atoms with van der Waals surface area (Å²) in [6.45, 7) is 2.33. The van der Waals surface area contributed by atoms with Crippen LogP contribution in [0, 0.1) is 11.8 Å². The summed E-state index contributed by atoms with van der Waals surface area (Å²) in [5.41, 5.74) is 0.127. The van der Waals surface area contributed by atoms with E-state index in [1.807, 2.05) is 0 Å². The predicted molar refractivity (Wildman–Crippen MR) is 70.9 cm³/mol. The van der Waals surface area contributed by atoms with Crippen LogP contribution in [0.15, 0.2) is 18.2 Å². The van der Waals surface area contributed by atoms with Crippen molar-refractivity contribution in [3.8, 4) is 11.5 Å². The third-order valence-corrected chi connectivity index (χ3v) is 3.65. The Balaban J connectivity index is 2.22. The lowest BCUT2D eigenvalue weighted by molar-refractivity contribution is -0.142. The first-order chi connectivity index (χ1) is 9.43. The Kier molecular flexibility index (Phi) is 3.83. The fourth-order valence-corrected chi connectivity index (χ4v) is 2.44. The van der Waals surface area contributed by atoms with Crippen LogP contribution < -0.4 is 4.74 Å². The number of carboxylic acids is 1. The number of phenols is 1. The standard InChI is InChI=1S/C14H17NO5/c1-8-6-15(7-11(8)14(18)19)13(17)10-5-9(20-2)3-4-12(10)16/h3-5,8,11,16H,6-7H2,1-2H3,(H,18,19)/t8-,11-/m1/s1. The average Bonchev–Trinajstić information content (AvgIpc) is 2.81. The normalized spacial score (nSPS) is 21.8. The second-order valence-corrected chi connectivity index (χ2v) is 5.02. The minimum Gasteiger partial charge on any atom is -0.507 e. The van der Waals surface area contributed by atoms with Gasteiger partial charge in [0.2, 0.25) is 0 Å². The maximum atomic E-state index is 12.4. The molecular formula is C14H17NO5. The smallest absolute Gasteiger partial charge is 0.308 e. The van der Waals surface area contributed by atoms with E-state index in [1.165, 1.54) is 24.1 Å². The van der Waals surface area contributed by atoms with Gasteiger partial charge < -0.3 is 19.8 Å². The molecule has 6 heteroatoms. The number of amides is 1. The van der Waals surface area contributed by atoms with Crippen molar-refractivity contribution in [1.82, 2.24) is 4.90 Å². The Morgan fingerprint density at radius 3 is 2.60 bits per heavy atom. The first-order valence-electron chi connectivity index (χ1n) is 6.33. The first-order valence-corrected chi connectivity index (χ1v) is 6.33. The Morgan fingerprint density at radius 2 is 2.05 bits per heavy atom. The molecule has 0 aliphatic carbocycles. The molecule has 1 heterocycles. The van der Waals surface area contributed by atoms with Gasteiger partial charge in [-0.3, -0.25) is 9.59 Å². The van der Waals surface area contributed by atoms with Gasteiger partial charge >= 0.3 is 5.97 Å². The molecule has 1 aromatic rings. The number of benzene rings is 1. The number of carbonyl (C=O) groups excluding carboxylic acids is 1. The summed E-state index contributed by atoms with van der Waals surface area (Å²) in [6.07, 6.45) is 0. The summed E-state index contributed by atoms with van der Waals surface area (Å²) in [5, 5.41) is 18.9. The molecule has 0 spiro atoms. The Morgan fingerprint density at radius 1 is 1.35 bits per heavy atom. The molecule has 0 radical (unpaired) electrons.